The van der Waals surface area contributed by atoms with Crippen molar-refractivity contribution in [3.8, 4) is 10.6 Å². The Bertz CT molecular complexity index is 1330. The SMILES string of the molecule is CCNC(=O)C(O)[C@H]1CC(Nc2nc(N[C@H](C)C3CC3)nc(C)c2-c2nc3c(C)nccc3s2)[C@H](O)[C@@H]1O. The van der Waals surface area contributed by atoms with Crippen LogP contribution in [0.3, 0.4) is 0 Å². The highest BCUT2D eigenvalue weighted by molar-refractivity contribution is 7.21. The van der Waals surface area contributed by atoms with Crippen molar-refractivity contribution in [1.29, 1.82) is 0 Å². The molecule has 0 aromatic carbocycles. The molecule has 2 unspecified atom stereocenters. The van der Waals surface area contributed by atoms with Crippen molar-refractivity contribution in [2.24, 2.45) is 11.8 Å². The maximum Gasteiger partial charge on any atom is 0.249 e. The molecule has 2 saturated carbocycles. The Hall–Kier alpha value is -2.93. The van der Waals surface area contributed by atoms with Crippen molar-refractivity contribution >= 4 is 39.2 Å². The average molecular weight is 542 g/mol. The molecule has 6 atom stereocenters. The van der Waals surface area contributed by atoms with E-state index in [1.165, 1.54) is 24.2 Å². The van der Waals surface area contributed by atoms with E-state index in [4.69, 9.17) is 15.0 Å². The number of fused-ring (bicyclic) bond motifs is 1. The van der Waals surface area contributed by atoms with Gasteiger partial charge in [0.15, 0.2) is 0 Å². The lowest BCUT2D eigenvalue weighted by molar-refractivity contribution is -0.134. The van der Waals surface area contributed by atoms with Gasteiger partial charge in [-0.05, 0) is 58.9 Å². The Kier molecular flexibility index (Phi) is 7.49. The number of aryl methyl sites for hydroxylation is 2. The lowest BCUT2D eigenvalue weighted by Crippen LogP contribution is -2.43. The number of aliphatic hydroxyl groups is 3. The molecule has 6 N–H and O–H groups in total. The fourth-order valence-electron chi connectivity index (χ4n) is 5.18. The third kappa shape index (κ3) is 5.18. The Labute approximate surface area is 225 Å². The van der Waals surface area contributed by atoms with Gasteiger partial charge in [0, 0.05) is 24.7 Å². The van der Waals surface area contributed by atoms with Gasteiger partial charge in [-0.3, -0.25) is 9.78 Å². The Morgan fingerprint density at radius 3 is 2.61 bits per heavy atom. The first-order valence-electron chi connectivity index (χ1n) is 13.1. The monoisotopic (exact) mass is 541 g/mol. The van der Waals surface area contributed by atoms with Crippen LogP contribution in [0, 0.1) is 25.7 Å². The molecular formula is C26H35N7O4S. The zero-order valence-electron chi connectivity index (χ0n) is 22.0. The highest BCUT2D eigenvalue weighted by Crippen LogP contribution is 2.39. The molecule has 5 rings (SSSR count). The third-order valence-electron chi connectivity index (χ3n) is 7.55. The number of rotatable bonds is 9. The molecule has 0 aliphatic heterocycles. The topological polar surface area (TPSA) is 165 Å². The molecule has 0 spiro atoms. The largest absolute Gasteiger partial charge is 0.390 e. The minimum Gasteiger partial charge on any atom is -0.390 e. The standard InChI is InChI=1S/C26H35N7O4S/c1-5-27-24(37)21(35)15-10-16(22(36)20(15)34)31-23-18(25-32-19-13(4)28-9-8-17(19)38-25)12(3)30-26(33-23)29-11(2)14-6-7-14/h8-9,11,14-16,20-22,34-36H,5-7,10H2,1-4H3,(H,27,37)(H2,29,30,31,33)/t11-,15+,16?,20-,21?,22+/m1/s1. The highest BCUT2D eigenvalue weighted by atomic mass is 32.1. The van der Waals surface area contributed by atoms with E-state index in [1.54, 1.807) is 13.1 Å². The van der Waals surface area contributed by atoms with Crippen molar-refractivity contribution in [3.63, 3.8) is 0 Å². The summed E-state index contributed by atoms with van der Waals surface area (Å²) in [7, 11) is 0. The van der Waals surface area contributed by atoms with Gasteiger partial charge >= 0.3 is 0 Å². The van der Waals surface area contributed by atoms with Crippen LogP contribution in [0.4, 0.5) is 11.8 Å². The van der Waals surface area contributed by atoms with Crippen molar-refractivity contribution in [2.75, 3.05) is 17.2 Å². The molecule has 3 aromatic rings. The first kappa shape index (κ1) is 26.7. The van der Waals surface area contributed by atoms with Crippen LogP contribution in [0.25, 0.3) is 20.8 Å². The summed E-state index contributed by atoms with van der Waals surface area (Å²) in [6, 6.07) is 1.49. The number of anilines is 2. The normalized spacial score (nSPS) is 24.8. The maximum atomic E-state index is 12.2. The van der Waals surface area contributed by atoms with Crippen molar-refractivity contribution in [1.82, 2.24) is 25.3 Å². The lowest BCUT2D eigenvalue weighted by Gasteiger charge is -2.22. The molecule has 2 aliphatic rings. The first-order chi connectivity index (χ1) is 18.2. The van der Waals surface area contributed by atoms with Crippen LogP contribution < -0.4 is 16.0 Å². The fraction of sp³-hybridized carbons (Fsp3) is 0.577. The summed E-state index contributed by atoms with van der Waals surface area (Å²) in [5.74, 6) is 0.139. The van der Waals surface area contributed by atoms with Gasteiger partial charge in [-0.2, -0.15) is 4.98 Å². The predicted octanol–water partition coefficient (Wildman–Crippen LogP) is 1.99. The second kappa shape index (κ2) is 10.7. The molecule has 0 saturated heterocycles. The number of hydrogen-bond donors (Lipinski definition) is 6. The van der Waals surface area contributed by atoms with Gasteiger partial charge in [-0.25, -0.2) is 9.97 Å². The Balaban J connectivity index is 1.50. The van der Waals surface area contributed by atoms with E-state index in [9.17, 15) is 20.1 Å². The van der Waals surface area contributed by atoms with Crippen molar-refractivity contribution in [3.05, 3.63) is 23.7 Å². The molecular weight excluding hydrogens is 506 g/mol. The highest BCUT2D eigenvalue weighted by Gasteiger charge is 2.47. The van der Waals surface area contributed by atoms with E-state index in [1.807, 2.05) is 19.9 Å². The smallest absolute Gasteiger partial charge is 0.249 e. The molecule has 38 heavy (non-hydrogen) atoms. The van der Waals surface area contributed by atoms with Crippen LogP contribution in [0.2, 0.25) is 0 Å². The summed E-state index contributed by atoms with van der Waals surface area (Å²) >= 11 is 1.51. The van der Waals surface area contributed by atoms with Gasteiger partial charge in [-0.15, -0.1) is 11.3 Å². The lowest BCUT2D eigenvalue weighted by atomic mass is 9.97. The van der Waals surface area contributed by atoms with Gasteiger partial charge in [0.2, 0.25) is 11.9 Å². The molecule has 3 heterocycles. The minimum atomic E-state index is -1.44. The number of carbonyl (C=O) groups is 1. The number of amides is 1. The number of aromatic nitrogens is 4. The van der Waals surface area contributed by atoms with E-state index in [0.29, 0.717) is 40.5 Å². The maximum absolute atomic E-state index is 12.2. The molecule has 1 amide bonds. The fourth-order valence-corrected chi connectivity index (χ4v) is 6.29. The summed E-state index contributed by atoms with van der Waals surface area (Å²) in [5, 5.41) is 42.1. The van der Waals surface area contributed by atoms with E-state index in [2.05, 4.69) is 27.9 Å². The first-order valence-corrected chi connectivity index (χ1v) is 14.0. The number of likely N-dealkylation sites (N-methyl/N-ethyl adjacent to an activating group) is 1. The summed E-state index contributed by atoms with van der Waals surface area (Å²) < 4.78 is 0.990. The zero-order valence-corrected chi connectivity index (χ0v) is 22.8. The number of pyridine rings is 1. The van der Waals surface area contributed by atoms with E-state index in [0.717, 1.165) is 15.9 Å². The van der Waals surface area contributed by atoms with E-state index >= 15 is 0 Å². The average Bonchev–Trinajstić information content (AvgIpc) is 3.59. The Morgan fingerprint density at radius 2 is 1.92 bits per heavy atom. The quantitative estimate of drug-likeness (QED) is 0.236. The van der Waals surface area contributed by atoms with Crippen LogP contribution >= 0.6 is 11.3 Å². The predicted molar refractivity (Wildman–Crippen MR) is 146 cm³/mol. The van der Waals surface area contributed by atoms with E-state index in [-0.39, 0.29) is 12.5 Å². The molecule has 11 nitrogen and oxygen atoms in total. The van der Waals surface area contributed by atoms with E-state index < -0.39 is 36.2 Å². The molecule has 3 aromatic heterocycles. The molecule has 12 heteroatoms. The second-order valence-corrected chi connectivity index (χ2v) is 11.4. The third-order valence-corrected chi connectivity index (χ3v) is 8.59. The minimum absolute atomic E-state index is 0.174. The molecule has 0 bridgehead atoms. The summed E-state index contributed by atoms with van der Waals surface area (Å²) in [4.78, 5) is 31.0. The van der Waals surface area contributed by atoms with Gasteiger partial charge in [0.25, 0.3) is 0 Å². The zero-order chi connectivity index (χ0) is 27.1. The Morgan fingerprint density at radius 1 is 1.16 bits per heavy atom. The van der Waals surface area contributed by atoms with Gasteiger partial charge in [-0.1, -0.05) is 0 Å². The summed E-state index contributed by atoms with van der Waals surface area (Å²) in [5.41, 5.74) is 3.05. The number of thiazole rings is 1. The molecule has 204 valence electrons. The number of nitrogens with zero attached hydrogens (tertiary/aromatic N) is 4. The summed E-state index contributed by atoms with van der Waals surface area (Å²) in [6.07, 6.45) is 0.358. The number of hydrogen-bond acceptors (Lipinski definition) is 11. The number of aliphatic hydroxyl groups excluding tert-OH is 3. The number of carbonyl (C=O) groups excluding carboxylic acids is 1. The number of nitrogens with one attached hydrogen (secondary N) is 3. The molecule has 0 radical (unpaired) electrons. The second-order valence-electron chi connectivity index (χ2n) is 10.4. The van der Waals surface area contributed by atoms with Crippen LogP contribution in [-0.2, 0) is 4.79 Å². The van der Waals surface area contributed by atoms with Crippen molar-refractivity contribution < 1.29 is 20.1 Å². The van der Waals surface area contributed by atoms with Gasteiger partial charge < -0.3 is 31.3 Å². The van der Waals surface area contributed by atoms with Crippen molar-refractivity contribution in [2.45, 2.75) is 77.4 Å². The van der Waals surface area contributed by atoms with Gasteiger partial charge in [0.1, 0.15) is 28.6 Å². The van der Waals surface area contributed by atoms with Crippen LogP contribution in [0.1, 0.15) is 44.5 Å². The summed E-state index contributed by atoms with van der Waals surface area (Å²) in [6.45, 7) is 8.04. The van der Waals surface area contributed by atoms with Crippen LogP contribution in [-0.4, -0.2) is 78.1 Å². The van der Waals surface area contributed by atoms with Crippen LogP contribution in [0.15, 0.2) is 12.3 Å². The molecule has 2 aliphatic carbocycles. The molecule has 2 fully saturated rings. The van der Waals surface area contributed by atoms with Gasteiger partial charge in [0.05, 0.1) is 33.8 Å². The van der Waals surface area contributed by atoms with Crippen LogP contribution in [0.5, 0.6) is 0 Å².